The van der Waals surface area contributed by atoms with E-state index in [2.05, 4.69) is 4.90 Å². The molecule has 3 aliphatic heterocycles. The maximum atomic E-state index is 13.6. The van der Waals surface area contributed by atoms with E-state index < -0.39 is 0 Å². The Morgan fingerprint density at radius 3 is 1.96 bits per heavy atom. The van der Waals surface area contributed by atoms with Gasteiger partial charge < -0.3 is 4.74 Å². The van der Waals surface area contributed by atoms with Gasteiger partial charge in [0, 0.05) is 12.3 Å². The van der Waals surface area contributed by atoms with Crippen LogP contribution in [0.2, 0.25) is 0 Å². The van der Waals surface area contributed by atoms with Crippen molar-refractivity contribution in [2.45, 2.75) is 44.2 Å². The van der Waals surface area contributed by atoms with Crippen LogP contribution >= 0.6 is 0 Å². The van der Waals surface area contributed by atoms with Crippen LogP contribution in [0.4, 0.5) is 8.78 Å². The standard InChI is InChI=1S/C23H25F2NO2/c1-2-20(27)28-23-17-11-13-26(14-12-17)22(23)21(15-3-7-18(24)8-4-15)16-5-9-19(25)10-6-16/h3-10,17,21-23H,2,11-14H2,1H3. The van der Waals surface area contributed by atoms with Crippen molar-refractivity contribution in [3.8, 4) is 0 Å². The molecule has 5 heteroatoms. The zero-order chi connectivity index (χ0) is 19.7. The largest absolute Gasteiger partial charge is 0.460 e. The molecule has 148 valence electrons. The number of ether oxygens (including phenoxy) is 1. The van der Waals surface area contributed by atoms with Crippen molar-refractivity contribution in [3.63, 3.8) is 0 Å². The normalized spacial score (nSPS) is 26.4. The van der Waals surface area contributed by atoms with E-state index in [0.717, 1.165) is 37.1 Å². The molecule has 0 spiro atoms. The van der Waals surface area contributed by atoms with Gasteiger partial charge in [-0.15, -0.1) is 0 Å². The molecule has 2 aromatic carbocycles. The third-order valence-corrected chi connectivity index (χ3v) is 6.15. The minimum absolute atomic E-state index is 0.0427. The highest BCUT2D eigenvalue weighted by Gasteiger charge is 2.48. The van der Waals surface area contributed by atoms with Gasteiger partial charge in [-0.2, -0.15) is 0 Å². The highest BCUT2D eigenvalue weighted by atomic mass is 19.1. The molecule has 3 aliphatic rings. The van der Waals surface area contributed by atoms with Crippen LogP contribution in [0.25, 0.3) is 0 Å². The molecule has 3 heterocycles. The number of nitrogens with zero attached hydrogens (tertiary/aromatic N) is 1. The summed E-state index contributed by atoms with van der Waals surface area (Å²) in [6.45, 7) is 3.71. The van der Waals surface area contributed by atoms with Gasteiger partial charge in [0.25, 0.3) is 0 Å². The second-order valence-corrected chi connectivity index (χ2v) is 7.75. The van der Waals surface area contributed by atoms with Crippen molar-refractivity contribution in [1.29, 1.82) is 0 Å². The number of rotatable bonds is 5. The first-order valence-electron chi connectivity index (χ1n) is 10.0. The molecule has 3 fully saturated rings. The first-order valence-corrected chi connectivity index (χ1v) is 10.0. The monoisotopic (exact) mass is 385 g/mol. The molecular formula is C23H25F2NO2. The molecule has 0 N–H and O–H groups in total. The second kappa shape index (κ2) is 8.00. The summed E-state index contributed by atoms with van der Waals surface area (Å²) < 4.78 is 33.1. The molecular weight excluding hydrogens is 360 g/mol. The van der Waals surface area contributed by atoms with Crippen molar-refractivity contribution in [3.05, 3.63) is 71.3 Å². The summed E-state index contributed by atoms with van der Waals surface area (Å²) in [5.41, 5.74) is 1.89. The van der Waals surface area contributed by atoms with Gasteiger partial charge >= 0.3 is 5.97 Å². The average Bonchev–Trinajstić information content (AvgIpc) is 2.72. The Kier molecular flexibility index (Phi) is 5.44. The number of hydrogen-bond acceptors (Lipinski definition) is 3. The van der Waals surface area contributed by atoms with Crippen molar-refractivity contribution in [2.24, 2.45) is 5.92 Å². The summed E-state index contributed by atoms with van der Waals surface area (Å²) in [6.07, 6.45) is 2.15. The third kappa shape index (κ3) is 3.68. The van der Waals surface area contributed by atoms with Crippen LogP contribution in [0.1, 0.15) is 43.2 Å². The maximum Gasteiger partial charge on any atom is 0.305 e. The Balaban J connectivity index is 1.78. The lowest BCUT2D eigenvalue weighted by atomic mass is 9.72. The van der Waals surface area contributed by atoms with Crippen molar-refractivity contribution in [1.82, 2.24) is 4.90 Å². The summed E-state index contributed by atoms with van der Waals surface area (Å²) in [7, 11) is 0. The maximum absolute atomic E-state index is 13.6. The summed E-state index contributed by atoms with van der Waals surface area (Å²) in [5, 5.41) is 0. The molecule has 2 aromatic rings. The van der Waals surface area contributed by atoms with Crippen molar-refractivity contribution in [2.75, 3.05) is 13.1 Å². The fraction of sp³-hybridized carbons (Fsp3) is 0.435. The molecule has 2 unspecified atom stereocenters. The minimum Gasteiger partial charge on any atom is -0.460 e. The number of hydrogen-bond donors (Lipinski definition) is 0. The zero-order valence-corrected chi connectivity index (χ0v) is 16.0. The Morgan fingerprint density at radius 1 is 1.00 bits per heavy atom. The Labute approximate surface area is 164 Å². The lowest BCUT2D eigenvalue weighted by Crippen LogP contribution is -2.61. The van der Waals surface area contributed by atoms with Gasteiger partial charge in [0.2, 0.25) is 0 Å². The van der Waals surface area contributed by atoms with Crippen LogP contribution in [0.3, 0.4) is 0 Å². The van der Waals surface area contributed by atoms with Crippen LogP contribution in [-0.2, 0) is 9.53 Å². The molecule has 3 saturated heterocycles. The van der Waals surface area contributed by atoms with E-state index in [9.17, 15) is 13.6 Å². The first kappa shape index (κ1) is 19.1. The fourth-order valence-corrected chi connectivity index (χ4v) is 4.76. The molecule has 0 aromatic heterocycles. The number of halogens is 2. The van der Waals surface area contributed by atoms with E-state index in [1.54, 1.807) is 31.2 Å². The molecule has 2 atom stereocenters. The number of carbonyl (C=O) groups is 1. The molecule has 0 saturated carbocycles. The molecule has 0 amide bonds. The van der Waals surface area contributed by atoms with Gasteiger partial charge in [-0.25, -0.2) is 8.78 Å². The predicted octanol–water partition coefficient (Wildman–Crippen LogP) is 4.51. The van der Waals surface area contributed by atoms with E-state index in [-0.39, 0.29) is 35.7 Å². The summed E-state index contributed by atoms with van der Waals surface area (Å²) in [6, 6.07) is 12.9. The summed E-state index contributed by atoms with van der Waals surface area (Å²) >= 11 is 0. The van der Waals surface area contributed by atoms with Gasteiger partial charge in [0.1, 0.15) is 17.7 Å². The van der Waals surface area contributed by atoms with Gasteiger partial charge in [-0.05, 0) is 67.2 Å². The van der Waals surface area contributed by atoms with Crippen LogP contribution in [0, 0.1) is 17.6 Å². The summed E-state index contributed by atoms with van der Waals surface area (Å²) in [4.78, 5) is 14.5. The van der Waals surface area contributed by atoms with Gasteiger partial charge in [0.05, 0.1) is 6.04 Å². The quantitative estimate of drug-likeness (QED) is 0.709. The summed E-state index contributed by atoms with van der Waals surface area (Å²) in [5.74, 6) is -0.573. The molecule has 2 bridgehead atoms. The Morgan fingerprint density at radius 2 is 1.50 bits per heavy atom. The topological polar surface area (TPSA) is 29.5 Å². The van der Waals surface area contributed by atoms with Gasteiger partial charge in [-0.1, -0.05) is 31.2 Å². The van der Waals surface area contributed by atoms with Crippen LogP contribution < -0.4 is 0 Å². The van der Waals surface area contributed by atoms with Crippen molar-refractivity contribution < 1.29 is 18.3 Å². The first-order chi connectivity index (χ1) is 13.6. The third-order valence-electron chi connectivity index (χ3n) is 6.15. The Hall–Kier alpha value is -2.27. The van der Waals surface area contributed by atoms with Gasteiger partial charge in [0.15, 0.2) is 0 Å². The lowest BCUT2D eigenvalue weighted by Gasteiger charge is -2.53. The molecule has 0 aliphatic carbocycles. The highest BCUT2D eigenvalue weighted by Crippen LogP contribution is 2.43. The smallest absolute Gasteiger partial charge is 0.305 e. The van der Waals surface area contributed by atoms with E-state index in [4.69, 9.17) is 4.74 Å². The lowest BCUT2D eigenvalue weighted by molar-refractivity contribution is -0.166. The molecule has 0 radical (unpaired) electrons. The number of esters is 1. The molecule has 5 rings (SSSR count). The van der Waals surface area contributed by atoms with Crippen LogP contribution in [0.15, 0.2) is 48.5 Å². The van der Waals surface area contributed by atoms with Crippen molar-refractivity contribution >= 4 is 5.97 Å². The molecule has 3 nitrogen and oxygen atoms in total. The van der Waals surface area contributed by atoms with Crippen LogP contribution in [-0.4, -0.2) is 36.1 Å². The van der Waals surface area contributed by atoms with E-state index >= 15 is 0 Å². The fourth-order valence-electron chi connectivity index (χ4n) is 4.76. The SMILES string of the molecule is CCC(=O)OC1C2CCN(CC2)C1C(c1ccc(F)cc1)c1ccc(F)cc1. The highest BCUT2D eigenvalue weighted by molar-refractivity contribution is 5.69. The van der Waals surface area contributed by atoms with E-state index in [1.807, 2.05) is 0 Å². The number of piperidine rings is 3. The number of fused-ring (bicyclic) bond motifs is 3. The second-order valence-electron chi connectivity index (χ2n) is 7.75. The van der Waals surface area contributed by atoms with Gasteiger partial charge in [-0.3, -0.25) is 9.69 Å². The molecule has 28 heavy (non-hydrogen) atoms. The van der Waals surface area contributed by atoms with Crippen LogP contribution in [0.5, 0.6) is 0 Å². The van der Waals surface area contributed by atoms with E-state index in [0.29, 0.717) is 12.3 Å². The average molecular weight is 385 g/mol. The predicted molar refractivity (Wildman–Crippen MR) is 103 cm³/mol. The van der Waals surface area contributed by atoms with E-state index in [1.165, 1.54) is 24.3 Å². The number of carbonyl (C=O) groups excluding carboxylic acids is 1. The minimum atomic E-state index is -0.291. The zero-order valence-electron chi connectivity index (χ0n) is 16.0. The number of benzene rings is 2. The Bertz CT molecular complexity index is 768.